The molecule has 5 aliphatic rings. The number of fused-ring (bicyclic) bond motifs is 3. The molecule has 30 heteroatoms. The molecule has 4 saturated heterocycles. The maximum atomic E-state index is 12.3. The van der Waals surface area contributed by atoms with Crippen molar-refractivity contribution in [3.8, 4) is 122 Å². The number of hydrogen-bond donors (Lipinski definition) is 0. The summed E-state index contributed by atoms with van der Waals surface area (Å²) >= 11 is 0. The molecule has 1 aliphatic carbocycles. The van der Waals surface area contributed by atoms with Crippen LogP contribution in [0, 0.1) is 71.0 Å². The minimum atomic E-state index is -0.537. The molecule has 18 rings (SSSR count). The molecule has 16 heterocycles. The summed E-state index contributed by atoms with van der Waals surface area (Å²) in [6.45, 7) is 14.6. The third-order valence-corrected chi connectivity index (χ3v) is 21.2. The van der Waals surface area contributed by atoms with Gasteiger partial charge in [0.15, 0.2) is 0 Å². The molecule has 30 nitrogen and oxygen atoms in total. The maximum absolute atomic E-state index is 12.3. The van der Waals surface area contributed by atoms with Crippen LogP contribution in [-0.4, -0.2) is 214 Å². The second kappa shape index (κ2) is 32.4. The zero-order valence-corrected chi connectivity index (χ0v) is 64.4. The molecule has 5 fully saturated rings. The highest BCUT2D eigenvalue weighted by Crippen LogP contribution is 2.39. The van der Waals surface area contributed by atoms with Crippen molar-refractivity contribution >= 4 is 57.8 Å². The molecule has 13 aromatic rings. The molecule has 0 radical (unpaired) electrons. The van der Waals surface area contributed by atoms with Crippen molar-refractivity contribution < 1.29 is 23.9 Å². The fourth-order valence-corrected chi connectivity index (χ4v) is 14.8. The van der Waals surface area contributed by atoms with Crippen molar-refractivity contribution in [1.82, 2.24) is 92.7 Å². The quantitative estimate of drug-likeness (QED) is 0.0970. The first-order valence-corrected chi connectivity index (χ1v) is 38.2. The molecule has 0 N–H and O–H groups in total. The highest BCUT2D eigenvalue weighted by atomic mass is 16.6. The zero-order chi connectivity index (χ0) is 81.0. The molecule has 1 aromatic carbocycles. The van der Waals surface area contributed by atoms with Crippen molar-refractivity contribution in [1.29, 1.82) is 15.8 Å². The van der Waals surface area contributed by atoms with Gasteiger partial charge in [-0.15, -0.1) is 19.3 Å². The van der Waals surface area contributed by atoms with Gasteiger partial charge in [-0.25, -0.2) is 33.3 Å². The molecular formula is C87H77N25O5. The van der Waals surface area contributed by atoms with Crippen molar-refractivity contribution in [2.45, 2.75) is 57.8 Å². The molecule has 580 valence electrons. The van der Waals surface area contributed by atoms with Gasteiger partial charge in [-0.1, -0.05) is 30.3 Å². The highest BCUT2D eigenvalue weighted by molar-refractivity contribution is 5.95. The zero-order valence-electron chi connectivity index (χ0n) is 64.4. The lowest BCUT2D eigenvalue weighted by Gasteiger charge is -2.39. The number of benzene rings is 1. The standard InChI is InChI=1S/C31H31N9O3.C30H24N8O.C26H22N8O/c1-5-28(41)37-10-8-36(9-11-37)27-7-6-21(14-33-27)26-12-22(17-40-29(26)23(13-32)15-35-40)24-16-34-39(18-24)25-19-38(20-25)30(42)43-31(2,3)4;1-2-29(39)36-12-10-35(11-13-36)28-9-8-23(16-32-28)27-14-24(21-38-30(27)25(15-31)17-34-38)26-18-33-37(20-26)19-22-6-4-3-5-7-22;1-2-25(35)32-9-7-31(8-10-32)24-6-3-18(13-28-24)23-11-19(16-34-26(23)20(12-27)14-30-34)21-15-29-33(17-21)22-4-5-22/h1,6-7,12,14-18,25H,8-11,19-20H2,2-4H3;1,3-9,14,16-18,20-21H,10-13,19H2;1,3,6,11,13-17,22H,4-5,7-10H2. The minimum absolute atomic E-state index is 0.0580. The van der Waals surface area contributed by atoms with Crippen LogP contribution in [0.1, 0.15) is 68.0 Å². The predicted octanol–water partition coefficient (Wildman–Crippen LogP) is 9.41. The summed E-state index contributed by atoms with van der Waals surface area (Å²) in [6.07, 6.45) is 45.3. The number of rotatable bonds is 13. The predicted molar refractivity (Wildman–Crippen MR) is 437 cm³/mol. The average molecular weight is 1550 g/mol. The fourth-order valence-electron chi connectivity index (χ4n) is 14.8. The number of nitrogens with zero attached hydrogens (tertiary/aromatic N) is 25. The Labute approximate surface area is 673 Å². The summed E-state index contributed by atoms with van der Waals surface area (Å²) in [5, 5.41) is 56.2. The average Bonchev–Trinajstić information content (AvgIpc) is 1.66. The van der Waals surface area contributed by atoms with Crippen LogP contribution in [0.3, 0.4) is 0 Å². The maximum Gasteiger partial charge on any atom is 0.410 e. The van der Waals surface area contributed by atoms with E-state index in [1.807, 2.05) is 151 Å². The van der Waals surface area contributed by atoms with Gasteiger partial charge >= 0.3 is 6.09 Å². The second-order valence-corrected chi connectivity index (χ2v) is 29.9. The van der Waals surface area contributed by atoms with Gasteiger partial charge in [0, 0.05) is 214 Å². The van der Waals surface area contributed by atoms with Crippen molar-refractivity contribution in [3.63, 3.8) is 0 Å². The van der Waals surface area contributed by atoms with Crippen LogP contribution in [-0.2, 0) is 25.7 Å². The van der Waals surface area contributed by atoms with E-state index in [2.05, 4.69) is 112 Å². The monoisotopic (exact) mass is 1550 g/mol. The van der Waals surface area contributed by atoms with Crippen LogP contribution in [0.15, 0.2) is 178 Å². The van der Waals surface area contributed by atoms with Gasteiger partial charge in [0.1, 0.15) is 41.3 Å². The van der Waals surface area contributed by atoms with Gasteiger partial charge in [-0.05, 0) is 112 Å². The van der Waals surface area contributed by atoms with Gasteiger partial charge in [-0.2, -0.15) is 46.4 Å². The summed E-state index contributed by atoms with van der Waals surface area (Å²) in [7, 11) is 0. The topological polar surface area (TPSA) is 316 Å². The minimum Gasteiger partial charge on any atom is -0.444 e. The van der Waals surface area contributed by atoms with Gasteiger partial charge < -0.3 is 39.0 Å². The summed E-state index contributed by atoms with van der Waals surface area (Å²) in [5.41, 5.74) is 15.1. The Morgan fingerprint density at radius 3 is 1.12 bits per heavy atom. The summed E-state index contributed by atoms with van der Waals surface area (Å²) in [6, 6.07) is 35.6. The SMILES string of the molecule is C#CC(=O)N1CCN(c2ccc(-c3cc(-c4cnn(C5CC5)c4)cn4ncc(C#N)c34)cn2)CC1.C#CC(=O)N1CCN(c2ccc(-c3cc(-c4cnn(C5CN(C(=O)OC(C)(C)C)C5)c4)cn4ncc(C#N)c34)cn2)CC1.C#CC(=O)N1CCN(c2ccc(-c3cc(-c4cnn(Cc5ccccc5)c4)cn4ncc(C#N)c34)cn2)CC1. The number of likely N-dealkylation sites (tertiary alicyclic amines) is 1. The number of piperazine rings is 3. The van der Waals surface area contributed by atoms with E-state index < -0.39 is 5.60 Å². The lowest BCUT2D eigenvalue weighted by atomic mass is 10.0. The lowest BCUT2D eigenvalue weighted by molar-refractivity contribution is -0.126. The van der Waals surface area contributed by atoms with Crippen molar-refractivity contribution in [2.75, 3.05) is 106 Å². The molecule has 4 aliphatic heterocycles. The van der Waals surface area contributed by atoms with E-state index in [-0.39, 0.29) is 29.9 Å². The number of hydrogen-bond acceptors (Lipinski definition) is 20. The van der Waals surface area contributed by atoms with E-state index in [1.54, 1.807) is 64.1 Å². The third-order valence-electron chi connectivity index (χ3n) is 21.2. The van der Waals surface area contributed by atoms with E-state index in [1.165, 1.54) is 18.4 Å². The molecule has 117 heavy (non-hydrogen) atoms. The van der Waals surface area contributed by atoms with Crippen LogP contribution in [0.25, 0.3) is 83.3 Å². The normalized spacial score (nSPS) is 14.9. The molecular weight excluding hydrogens is 1480 g/mol. The number of carbonyl (C=O) groups excluding carboxylic acids is 4. The van der Waals surface area contributed by atoms with E-state index in [0.717, 1.165) is 95.2 Å². The van der Waals surface area contributed by atoms with Crippen LogP contribution >= 0.6 is 0 Å². The number of nitriles is 3. The van der Waals surface area contributed by atoms with Gasteiger partial charge in [0.25, 0.3) is 17.7 Å². The summed E-state index contributed by atoms with van der Waals surface area (Å²) in [4.78, 5) is 74.9. The fraction of sp³-hybridized carbons (Fsp3) is 0.264. The number of carbonyl (C=O) groups is 4. The first kappa shape index (κ1) is 75.6. The van der Waals surface area contributed by atoms with Crippen LogP contribution in [0.2, 0.25) is 0 Å². The number of anilines is 3. The molecule has 0 bridgehead atoms. The highest BCUT2D eigenvalue weighted by Gasteiger charge is 2.36. The summed E-state index contributed by atoms with van der Waals surface area (Å²) in [5.74, 6) is 8.18. The van der Waals surface area contributed by atoms with Gasteiger partial charge in [0.05, 0.1) is 89.0 Å². The molecule has 12 aromatic heterocycles. The van der Waals surface area contributed by atoms with E-state index in [4.69, 9.17) is 39.0 Å². The Bertz CT molecular complexity index is 6210. The largest absolute Gasteiger partial charge is 0.444 e. The number of aromatic nitrogens is 15. The van der Waals surface area contributed by atoms with Crippen LogP contribution in [0.5, 0.6) is 0 Å². The smallest absolute Gasteiger partial charge is 0.410 e. The Morgan fingerprint density at radius 1 is 0.410 bits per heavy atom. The Hall–Kier alpha value is -15.4. The van der Waals surface area contributed by atoms with E-state index in [0.29, 0.717) is 126 Å². The molecule has 0 atom stereocenters. The molecule has 0 spiro atoms. The Morgan fingerprint density at radius 2 is 0.778 bits per heavy atom. The Kier molecular flexibility index (Phi) is 20.9. The van der Waals surface area contributed by atoms with Crippen molar-refractivity contribution in [3.05, 3.63) is 200 Å². The third kappa shape index (κ3) is 16.1. The molecule has 1 saturated carbocycles. The van der Waals surface area contributed by atoms with Gasteiger partial charge in [-0.3, -0.25) is 28.4 Å². The lowest BCUT2D eigenvalue weighted by Crippen LogP contribution is -2.52. The number of terminal acetylenes is 3. The van der Waals surface area contributed by atoms with Crippen LogP contribution in [0.4, 0.5) is 22.2 Å². The second-order valence-electron chi connectivity index (χ2n) is 29.9. The van der Waals surface area contributed by atoms with E-state index in [9.17, 15) is 35.0 Å². The molecule has 0 unspecified atom stereocenters. The van der Waals surface area contributed by atoms with Crippen molar-refractivity contribution in [2.24, 2.45) is 0 Å². The number of pyridine rings is 6. The first-order chi connectivity index (χ1) is 56.9. The molecule has 4 amide bonds. The van der Waals surface area contributed by atoms with Crippen LogP contribution < -0.4 is 14.7 Å². The Balaban J connectivity index is 0.000000132. The van der Waals surface area contributed by atoms with Gasteiger partial charge in [0.2, 0.25) is 0 Å². The number of amides is 4. The summed E-state index contributed by atoms with van der Waals surface area (Å²) < 4.78 is 16.5. The first-order valence-electron chi connectivity index (χ1n) is 38.2. The van der Waals surface area contributed by atoms with E-state index >= 15 is 0 Å². The number of ether oxygens (including phenoxy) is 1.